The van der Waals surface area contributed by atoms with Crippen molar-refractivity contribution in [2.75, 3.05) is 13.7 Å². The van der Waals surface area contributed by atoms with E-state index < -0.39 is 42.1 Å². The van der Waals surface area contributed by atoms with Gasteiger partial charge in [0.1, 0.15) is 30.5 Å². The average Bonchev–Trinajstić information content (AvgIpc) is 3.50. The lowest BCUT2D eigenvalue weighted by Gasteiger charge is -2.63. The van der Waals surface area contributed by atoms with Crippen LogP contribution in [0, 0.1) is 50.7 Å². The molecule has 0 aromatic carbocycles. The molecule has 3 spiro atoms. The number of aliphatic hydroxyl groups excluding tert-OH is 4. The van der Waals surface area contributed by atoms with Crippen LogP contribution in [-0.2, 0) is 23.7 Å². The average molecular weight is 635 g/mol. The van der Waals surface area contributed by atoms with Crippen molar-refractivity contribution in [3.63, 3.8) is 0 Å². The number of hydrogen-bond acceptors (Lipinski definition) is 9. The second kappa shape index (κ2) is 9.45. The summed E-state index contributed by atoms with van der Waals surface area (Å²) in [5.74, 6) is 0.346. The van der Waals surface area contributed by atoms with Crippen LogP contribution in [0.3, 0.4) is 0 Å². The Kier molecular flexibility index (Phi) is 6.69. The first kappa shape index (κ1) is 31.9. The first-order valence-corrected chi connectivity index (χ1v) is 17.9. The zero-order chi connectivity index (χ0) is 32.3. The Morgan fingerprint density at radius 1 is 0.844 bits per heavy atom. The van der Waals surface area contributed by atoms with Crippen molar-refractivity contribution < 1.29 is 44.1 Å². The lowest BCUT2D eigenvalue weighted by molar-refractivity contribution is -0.303. The molecule has 0 radical (unpaired) electrons. The smallest absolute Gasteiger partial charge is 0.199 e. The first-order chi connectivity index (χ1) is 21.0. The van der Waals surface area contributed by atoms with E-state index in [9.17, 15) is 20.4 Å². The van der Waals surface area contributed by atoms with Gasteiger partial charge >= 0.3 is 0 Å². The van der Waals surface area contributed by atoms with E-state index in [2.05, 4.69) is 48.5 Å². The Morgan fingerprint density at radius 3 is 2.24 bits per heavy atom. The van der Waals surface area contributed by atoms with E-state index in [1.54, 1.807) is 7.11 Å². The lowest BCUT2D eigenvalue weighted by atomic mass is 9.41. The molecule has 256 valence electrons. The van der Waals surface area contributed by atoms with Crippen LogP contribution in [-0.4, -0.2) is 94.5 Å². The Bertz CT molecular complexity index is 1220. The highest BCUT2D eigenvalue weighted by Gasteiger charge is 2.88. The van der Waals surface area contributed by atoms with Gasteiger partial charge < -0.3 is 44.1 Å². The fourth-order valence-electron chi connectivity index (χ4n) is 14.1. The summed E-state index contributed by atoms with van der Waals surface area (Å²) in [6, 6.07) is 0. The lowest BCUT2D eigenvalue weighted by Crippen LogP contribution is -2.61. The van der Waals surface area contributed by atoms with E-state index in [1.807, 2.05) is 0 Å². The van der Waals surface area contributed by atoms with Gasteiger partial charge in [0, 0.05) is 18.4 Å². The zero-order valence-electron chi connectivity index (χ0n) is 28.6. The van der Waals surface area contributed by atoms with Gasteiger partial charge in [-0.15, -0.1) is 0 Å². The molecule has 0 aromatic heterocycles. The molecule has 0 aromatic rings. The van der Waals surface area contributed by atoms with Gasteiger partial charge in [0.2, 0.25) is 0 Å². The third kappa shape index (κ3) is 3.57. The molecule has 9 nitrogen and oxygen atoms in total. The highest BCUT2D eigenvalue weighted by Crippen LogP contribution is 2.90. The SMILES string of the molecule is COC(C)(C)[C@H]1O[C@@]23O[C@@H]1C[C@@H](C)[C@@H]2[C@@]1(C)CC[C@@]24C[C@@]25CC[C@H](O[C@@H]2OC[C@@H](O)[C@H](O)[C@H]2O)C(C)(C)[C@@H]5CC[C@H]4[C@]1(C)[C@H]3O. The van der Waals surface area contributed by atoms with Crippen molar-refractivity contribution >= 4 is 0 Å². The minimum atomic E-state index is -1.28. The molecule has 45 heavy (non-hydrogen) atoms. The predicted octanol–water partition coefficient (Wildman–Crippen LogP) is 3.78. The van der Waals surface area contributed by atoms with Crippen molar-refractivity contribution in [2.45, 2.75) is 160 Å². The Labute approximate surface area is 268 Å². The van der Waals surface area contributed by atoms with Crippen LogP contribution >= 0.6 is 0 Å². The molecule has 5 saturated carbocycles. The number of rotatable bonds is 4. The summed E-state index contributed by atoms with van der Waals surface area (Å²) in [6.07, 6.45) is 2.70. The fourth-order valence-corrected chi connectivity index (χ4v) is 14.1. The second-order valence-electron chi connectivity index (χ2n) is 18.4. The largest absolute Gasteiger partial charge is 0.388 e. The van der Waals surface area contributed by atoms with E-state index in [1.165, 1.54) is 12.8 Å². The van der Waals surface area contributed by atoms with E-state index in [4.69, 9.17) is 23.7 Å². The monoisotopic (exact) mass is 634 g/mol. The first-order valence-electron chi connectivity index (χ1n) is 17.9. The van der Waals surface area contributed by atoms with Crippen molar-refractivity contribution in [1.82, 2.24) is 0 Å². The highest BCUT2D eigenvalue weighted by atomic mass is 16.8. The van der Waals surface area contributed by atoms with Crippen LogP contribution in [0.2, 0.25) is 0 Å². The summed E-state index contributed by atoms with van der Waals surface area (Å²) < 4.78 is 32.1. The summed E-state index contributed by atoms with van der Waals surface area (Å²) in [6.45, 7) is 16.0. The molecule has 0 unspecified atom stereocenters. The fraction of sp³-hybridized carbons (Fsp3) is 1.00. The molecule has 0 amide bonds. The molecule has 3 saturated heterocycles. The maximum absolute atomic E-state index is 12.8. The highest BCUT2D eigenvalue weighted by molar-refractivity contribution is 5.34. The van der Waals surface area contributed by atoms with Gasteiger partial charge in [0.25, 0.3) is 0 Å². The Hall–Kier alpha value is -0.360. The Balaban J connectivity index is 1.10. The van der Waals surface area contributed by atoms with Crippen LogP contribution in [0.1, 0.15) is 99.8 Å². The minimum Gasteiger partial charge on any atom is -0.388 e. The van der Waals surface area contributed by atoms with Gasteiger partial charge in [0.05, 0.1) is 24.4 Å². The number of fused-ring (bicyclic) bond motifs is 4. The van der Waals surface area contributed by atoms with E-state index in [0.717, 1.165) is 38.5 Å². The van der Waals surface area contributed by atoms with E-state index >= 15 is 0 Å². The predicted molar refractivity (Wildman–Crippen MR) is 164 cm³/mol. The summed E-state index contributed by atoms with van der Waals surface area (Å²) in [7, 11) is 1.74. The maximum atomic E-state index is 12.8. The number of methoxy groups -OCH3 is 1. The third-order valence-corrected chi connectivity index (χ3v) is 16.4. The van der Waals surface area contributed by atoms with Crippen LogP contribution < -0.4 is 0 Å². The van der Waals surface area contributed by atoms with E-state index in [-0.39, 0.29) is 57.9 Å². The minimum absolute atomic E-state index is 0.0487. The van der Waals surface area contributed by atoms with Gasteiger partial charge in [-0.05, 0) is 105 Å². The normalized spacial score (nSPS) is 61.1. The summed E-state index contributed by atoms with van der Waals surface area (Å²) in [5, 5.41) is 43.6. The van der Waals surface area contributed by atoms with Gasteiger partial charge in [-0.25, -0.2) is 0 Å². The topological polar surface area (TPSA) is 127 Å². The molecule has 8 fully saturated rings. The van der Waals surface area contributed by atoms with Crippen LogP contribution in [0.15, 0.2) is 0 Å². The molecule has 3 heterocycles. The molecule has 17 atom stereocenters. The van der Waals surface area contributed by atoms with Gasteiger partial charge in [0.15, 0.2) is 12.1 Å². The van der Waals surface area contributed by atoms with Crippen LogP contribution in [0.4, 0.5) is 0 Å². The molecule has 8 rings (SSSR count). The van der Waals surface area contributed by atoms with Crippen molar-refractivity contribution in [1.29, 1.82) is 0 Å². The molecule has 3 aliphatic heterocycles. The van der Waals surface area contributed by atoms with Crippen molar-refractivity contribution in [3.05, 3.63) is 0 Å². The molecule has 9 heteroatoms. The van der Waals surface area contributed by atoms with E-state index in [0.29, 0.717) is 17.8 Å². The number of hydrogen-bond donors (Lipinski definition) is 4. The molecule has 4 N–H and O–H groups in total. The number of ether oxygens (including phenoxy) is 5. The molecule has 5 aliphatic carbocycles. The van der Waals surface area contributed by atoms with Crippen molar-refractivity contribution in [3.8, 4) is 0 Å². The van der Waals surface area contributed by atoms with Crippen LogP contribution in [0.5, 0.6) is 0 Å². The Morgan fingerprint density at radius 2 is 1.53 bits per heavy atom. The molecular formula is C36H58O9. The summed E-state index contributed by atoms with van der Waals surface area (Å²) >= 11 is 0. The van der Waals surface area contributed by atoms with Gasteiger partial charge in [-0.1, -0.05) is 34.6 Å². The third-order valence-electron chi connectivity index (χ3n) is 16.4. The van der Waals surface area contributed by atoms with Crippen LogP contribution in [0.25, 0.3) is 0 Å². The molecule has 8 aliphatic rings. The maximum Gasteiger partial charge on any atom is 0.199 e. The summed E-state index contributed by atoms with van der Waals surface area (Å²) in [5.41, 5.74) is -0.717. The van der Waals surface area contributed by atoms with Crippen molar-refractivity contribution in [2.24, 2.45) is 50.7 Å². The summed E-state index contributed by atoms with van der Waals surface area (Å²) in [4.78, 5) is 0. The molecular weight excluding hydrogens is 576 g/mol. The number of aliphatic hydroxyl groups is 4. The standard InChI is InChI=1S/C36H58O9/c1-18-15-20-27(31(4,5)41-8)45-36(44-20)26(18)32(6)13-14-35-17-34(35)12-11-23(43-28-25(39)24(38)19(37)16-42-28)30(2,3)21(34)9-10-22(35)33(32,7)29(36)40/h18-29,37-40H,9-17H2,1-8H3/t18-,19-,20-,21+,22+,23+,24+,25-,26-,27+,28+,29-,32-,33-,34-,35+,36+/m1/s1. The quantitative estimate of drug-likeness (QED) is 0.342. The zero-order valence-corrected chi connectivity index (χ0v) is 28.6. The molecule has 2 bridgehead atoms. The second-order valence-corrected chi connectivity index (χ2v) is 18.4. The van der Waals surface area contributed by atoms with Gasteiger partial charge in [-0.2, -0.15) is 0 Å². The van der Waals surface area contributed by atoms with Gasteiger partial charge in [-0.3, -0.25) is 0 Å².